The van der Waals surface area contributed by atoms with Crippen LogP contribution in [0.4, 0.5) is 10.8 Å². The summed E-state index contributed by atoms with van der Waals surface area (Å²) >= 11 is 1.63. The second kappa shape index (κ2) is 5.09. The predicted octanol–water partition coefficient (Wildman–Crippen LogP) is 3.47. The van der Waals surface area contributed by atoms with Crippen molar-refractivity contribution >= 4 is 28.1 Å². The molecule has 0 bridgehead atoms. The van der Waals surface area contributed by atoms with Crippen LogP contribution in [0.1, 0.15) is 31.4 Å². The first-order valence-electron chi connectivity index (χ1n) is 7.80. The number of amides is 1. The number of rotatable bonds is 3. The van der Waals surface area contributed by atoms with Crippen molar-refractivity contribution in [3.05, 3.63) is 28.6 Å². The van der Waals surface area contributed by atoms with E-state index in [-0.39, 0.29) is 5.91 Å². The number of nitrogens with one attached hydrogen (secondary N) is 1. The van der Waals surface area contributed by atoms with E-state index >= 15 is 0 Å². The first kappa shape index (κ1) is 13.8. The minimum absolute atomic E-state index is 0.244. The third kappa shape index (κ3) is 2.20. The highest BCUT2D eigenvalue weighted by atomic mass is 32.1. The molecule has 4 rings (SSSR count). The van der Waals surface area contributed by atoms with Gasteiger partial charge in [-0.1, -0.05) is 0 Å². The van der Waals surface area contributed by atoms with Crippen LogP contribution in [0.3, 0.4) is 0 Å². The van der Waals surface area contributed by atoms with Gasteiger partial charge in [-0.15, -0.1) is 11.3 Å². The van der Waals surface area contributed by atoms with Gasteiger partial charge >= 0.3 is 0 Å². The molecule has 0 saturated heterocycles. The molecule has 114 valence electrons. The van der Waals surface area contributed by atoms with Gasteiger partial charge in [0, 0.05) is 23.5 Å². The number of carbonyl (C=O) groups is 1. The molecule has 0 unspecified atom stereocenters. The summed E-state index contributed by atoms with van der Waals surface area (Å²) in [5.41, 5.74) is 5.79. The van der Waals surface area contributed by atoms with E-state index in [1.165, 1.54) is 16.8 Å². The van der Waals surface area contributed by atoms with Crippen molar-refractivity contribution in [2.45, 2.75) is 39.2 Å². The molecule has 0 saturated carbocycles. The summed E-state index contributed by atoms with van der Waals surface area (Å²) in [7, 11) is 0. The number of hydrogen-bond acceptors (Lipinski definition) is 4. The van der Waals surface area contributed by atoms with E-state index < -0.39 is 0 Å². The Bertz CT molecular complexity index is 750. The molecule has 0 spiro atoms. The van der Waals surface area contributed by atoms with Crippen molar-refractivity contribution in [1.82, 2.24) is 4.98 Å². The molecule has 0 radical (unpaired) electrons. The summed E-state index contributed by atoms with van der Waals surface area (Å²) in [4.78, 5) is 18.8. The highest BCUT2D eigenvalue weighted by molar-refractivity contribution is 7.14. The lowest BCUT2D eigenvalue weighted by Crippen LogP contribution is -2.31. The average molecular weight is 313 g/mol. The maximum atomic E-state index is 12.1. The lowest BCUT2D eigenvalue weighted by atomic mass is 9.96. The molecule has 1 aromatic carbocycles. The van der Waals surface area contributed by atoms with Crippen LogP contribution in [0.5, 0.6) is 0 Å². The summed E-state index contributed by atoms with van der Waals surface area (Å²) in [5, 5.41) is 6.40. The maximum absolute atomic E-state index is 12.1. The number of carbonyl (C=O) groups excluding carboxylic acids is 1. The van der Waals surface area contributed by atoms with E-state index in [1.54, 1.807) is 11.3 Å². The van der Waals surface area contributed by atoms with Crippen molar-refractivity contribution in [2.24, 2.45) is 0 Å². The summed E-state index contributed by atoms with van der Waals surface area (Å²) in [5.74, 6) is 0.244. The summed E-state index contributed by atoms with van der Waals surface area (Å²) in [6.07, 6.45) is 2.65. The van der Waals surface area contributed by atoms with Gasteiger partial charge in [-0.25, -0.2) is 4.98 Å². The maximum Gasteiger partial charge on any atom is 0.231 e. The second-order valence-electron chi connectivity index (χ2n) is 6.31. The van der Waals surface area contributed by atoms with Gasteiger partial charge in [-0.2, -0.15) is 0 Å². The lowest BCUT2D eigenvalue weighted by Gasteiger charge is -2.25. The highest BCUT2D eigenvalue weighted by Gasteiger charge is 2.32. The Morgan fingerprint density at radius 1 is 1.32 bits per heavy atom. The number of aromatic nitrogens is 1. The number of thiazole rings is 1. The predicted molar refractivity (Wildman–Crippen MR) is 90.7 cm³/mol. The molecule has 1 aromatic heterocycles. The smallest absolute Gasteiger partial charge is 0.231 e. The first-order chi connectivity index (χ1) is 10.6. The van der Waals surface area contributed by atoms with Gasteiger partial charge in [0.1, 0.15) is 0 Å². The van der Waals surface area contributed by atoms with Gasteiger partial charge in [-0.05, 0) is 49.9 Å². The van der Waals surface area contributed by atoms with Gasteiger partial charge in [-0.3, -0.25) is 4.79 Å². The molecule has 2 aliphatic heterocycles. The molecule has 0 aliphatic carbocycles. The molecule has 2 aromatic rings. The SMILES string of the molecule is CC(C)Nc1nc(-c2cc3c4c(c2)CC(=O)N4CCC3)cs1. The van der Waals surface area contributed by atoms with Crippen LogP contribution in [0.25, 0.3) is 11.3 Å². The zero-order valence-electron chi connectivity index (χ0n) is 12.8. The van der Waals surface area contributed by atoms with Crippen LogP contribution in [0.2, 0.25) is 0 Å². The van der Waals surface area contributed by atoms with Crippen molar-refractivity contribution in [1.29, 1.82) is 0 Å². The Morgan fingerprint density at radius 2 is 2.14 bits per heavy atom. The summed E-state index contributed by atoms with van der Waals surface area (Å²) in [6, 6.07) is 4.75. The van der Waals surface area contributed by atoms with Crippen LogP contribution < -0.4 is 10.2 Å². The normalized spacial score (nSPS) is 16.3. The van der Waals surface area contributed by atoms with Gasteiger partial charge in [0.05, 0.1) is 17.8 Å². The standard InChI is InChI=1S/C17H19N3OS/c1-10(2)18-17-19-14(9-22-17)12-6-11-4-3-5-20-15(21)8-13(7-12)16(11)20/h6-7,9-10H,3-5,8H2,1-2H3,(H,18,19). The Hall–Kier alpha value is -1.88. The largest absolute Gasteiger partial charge is 0.359 e. The van der Waals surface area contributed by atoms with Crippen LogP contribution in [-0.4, -0.2) is 23.5 Å². The lowest BCUT2D eigenvalue weighted by molar-refractivity contribution is -0.117. The Labute approximate surface area is 134 Å². The summed E-state index contributed by atoms with van der Waals surface area (Å²) < 4.78 is 0. The number of benzene rings is 1. The van der Waals surface area contributed by atoms with Crippen molar-refractivity contribution < 1.29 is 4.79 Å². The van der Waals surface area contributed by atoms with Crippen LogP contribution >= 0.6 is 11.3 Å². The molecular weight excluding hydrogens is 294 g/mol. The average Bonchev–Trinajstić information content (AvgIpc) is 3.05. The molecule has 0 atom stereocenters. The Balaban J connectivity index is 1.74. The second-order valence-corrected chi connectivity index (χ2v) is 7.16. The Kier molecular flexibility index (Phi) is 3.18. The molecule has 3 heterocycles. The van der Waals surface area contributed by atoms with Gasteiger partial charge in [0.25, 0.3) is 0 Å². The number of hydrogen-bond donors (Lipinski definition) is 1. The third-order valence-corrected chi connectivity index (χ3v) is 4.99. The first-order valence-corrected chi connectivity index (χ1v) is 8.68. The Morgan fingerprint density at radius 3 is 2.95 bits per heavy atom. The van der Waals surface area contributed by atoms with Gasteiger partial charge < -0.3 is 10.2 Å². The molecule has 22 heavy (non-hydrogen) atoms. The number of aryl methyl sites for hydroxylation is 1. The van der Waals surface area contributed by atoms with Crippen LogP contribution in [0, 0.1) is 0 Å². The number of nitrogens with zero attached hydrogens (tertiary/aromatic N) is 2. The molecule has 1 amide bonds. The topological polar surface area (TPSA) is 45.2 Å². The van der Waals surface area contributed by atoms with Gasteiger partial charge in [0.15, 0.2) is 5.13 Å². The molecule has 2 aliphatic rings. The molecule has 0 fully saturated rings. The zero-order chi connectivity index (χ0) is 15.3. The minimum atomic E-state index is 0.244. The third-order valence-electron chi connectivity index (χ3n) is 4.22. The van der Waals surface area contributed by atoms with E-state index in [9.17, 15) is 4.79 Å². The zero-order valence-corrected chi connectivity index (χ0v) is 13.7. The molecule has 1 N–H and O–H groups in total. The van der Waals surface area contributed by atoms with E-state index in [1.807, 2.05) is 4.90 Å². The van der Waals surface area contributed by atoms with Crippen LogP contribution in [-0.2, 0) is 17.6 Å². The fraction of sp³-hybridized carbons (Fsp3) is 0.412. The quantitative estimate of drug-likeness (QED) is 0.944. The highest BCUT2D eigenvalue weighted by Crippen LogP contribution is 2.40. The summed E-state index contributed by atoms with van der Waals surface area (Å²) in [6.45, 7) is 5.10. The van der Waals surface area contributed by atoms with E-state index in [4.69, 9.17) is 0 Å². The van der Waals surface area contributed by atoms with Crippen molar-refractivity contribution in [2.75, 3.05) is 16.8 Å². The molecular formula is C17H19N3OS. The van der Waals surface area contributed by atoms with E-state index in [0.29, 0.717) is 12.5 Å². The molecule has 4 nitrogen and oxygen atoms in total. The van der Waals surface area contributed by atoms with Gasteiger partial charge in [0.2, 0.25) is 5.91 Å². The van der Waals surface area contributed by atoms with E-state index in [2.05, 4.69) is 41.7 Å². The van der Waals surface area contributed by atoms with Crippen molar-refractivity contribution in [3.8, 4) is 11.3 Å². The number of anilines is 2. The fourth-order valence-electron chi connectivity index (χ4n) is 3.35. The van der Waals surface area contributed by atoms with Crippen molar-refractivity contribution in [3.63, 3.8) is 0 Å². The van der Waals surface area contributed by atoms with E-state index in [0.717, 1.165) is 35.8 Å². The fourth-order valence-corrected chi connectivity index (χ4v) is 4.21. The minimum Gasteiger partial charge on any atom is -0.359 e. The van der Waals surface area contributed by atoms with Crippen LogP contribution in [0.15, 0.2) is 17.5 Å². The monoisotopic (exact) mass is 313 g/mol. The molecule has 5 heteroatoms.